The van der Waals surface area contributed by atoms with Crippen molar-refractivity contribution in [1.82, 2.24) is 9.97 Å². The van der Waals surface area contributed by atoms with E-state index in [9.17, 15) is 9.59 Å². The number of nitrogens with zero attached hydrogens (tertiary/aromatic N) is 1. The number of aryl methyl sites for hydroxylation is 1. The van der Waals surface area contributed by atoms with Gasteiger partial charge >= 0.3 is 5.97 Å². The number of nitrogens with one attached hydrogen (secondary N) is 1. The Morgan fingerprint density at radius 1 is 1.48 bits per heavy atom. The first-order valence-corrected chi connectivity index (χ1v) is 9.24. The predicted molar refractivity (Wildman–Crippen MR) is 91.5 cm³/mol. The van der Waals surface area contributed by atoms with Crippen molar-refractivity contribution in [2.24, 2.45) is 17.8 Å². The molecule has 2 rings (SSSR count). The van der Waals surface area contributed by atoms with Gasteiger partial charge in [0.25, 0.3) is 5.56 Å². The molecule has 6 heteroatoms. The molecule has 0 unspecified atom stereocenters. The molecular weight excluding hydrogens is 312 g/mol. The van der Waals surface area contributed by atoms with Crippen molar-refractivity contribution in [3.05, 3.63) is 22.1 Å². The van der Waals surface area contributed by atoms with Crippen LogP contribution in [0, 0.1) is 24.7 Å². The second-order valence-corrected chi connectivity index (χ2v) is 7.80. The van der Waals surface area contributed by atoms with Crippen LogP contribution in [0.5, 0.6) is 0 Å². The van der Waals surface area contributed by atoms with E-state index < -0.39 is 0 Å². The summed E-state index contributed by atoms with van der Waals surface area (Å²) in [6.07, 6.45) is 3.28. The zero-order valence-electron chi connectivity index (χ0n) is 14.3. The Bertz CT molecular complexity index is 600. The summed E-state index contributed by atoms with van der Waals surface area (Å²) >= 11 is 1.21. The number of rotatable bonds is 5. The fourth-order valence-corrected chi connectivity index (χ4v) is 3.90. The molecule has 0 aliphatic heterocycles. The Kier molecular flexibility index (Phi) is 6.27. The number of hydrogen-bond acceptors (Lipinski definition) is 5. The molecule has 0 saturated heterocycles. The molecule has 23 heavy (non-hydrogen) atoms. The second-order valence-electron chi connectivity index (χ2n) is 6.84. The summed E-state index contributed by atoms with van der Waals surface area (Å²) in [4.78, 5) is 30.4. The van der Waals surface area contributed by atoms with E-state index in [4.69, 9.17) is 4.74 Å². The maximum absolute atomic E-state index is 12.2. The Morgan fingerprint density at radius 2 is 2.22 bits per heavy atom. The van der Waals surface area contributed by atoms with Crippen molar-refractivity contribution < 1.29 is 9.53 Å². The van der Waals surface area contributed by atoms with E-state index in [-0.39, 0.29) is 23.4 Å². The van der Waals surface area contributed by atoms with E-state index in [1.54, 1.807) is 6.92 Å². The molecule has 1 heterocycles. The minimum absolute atomic E-state index is 0.0105. The predicted octanol–water partition coefficient (Wildman–Crippen LogP) is 3.17. The van der Waals surface area contributed by atoms with Gasteiger partial charge < -0.3 is 9.72 Å². The molecule has 1 aliphatic carbocycles. The third-order valence-corrected chi connectivity index (χ3v) is 5.27. The van der Waals surface area contributed by atoms with Gasteiger partial charge in [0.05, 0.1) is 5.75 Å². The van der Waals surface area contributed by atoms with Gasteiger partial charge in [0.1, 0.15) is 6.10 Å². The maximum Gasteiger partial charge on any atom is 0.316 e. The third kappa shape index (κ3) is 5.37. The minimum atomic E-state index is -0.232. The summed E-state index contributed by atoms with van der Waals surface area (Å²) in [5.41, 5.74) is 0.444. The summed E-state index contributed by atoms with van der Waals surface area (Å²) in [5.74, 6) is 1.50. The van der Waals surface area contributed by atoms with Crippen LogP contribution in [0.25, 0.3) is 0 Å². The molecule has 0 amide bonds. The molecule has 1 N–H and O–H groups in total. The smallest absolute Gasteiger partial charge is 0.316 e. The van der Waals surface area contributed by atoms with Gasteiger partial charge in [-0.05, 0) is 37.5 Å². The number of hydrogen-bond donors (Lipinski definition) is 1. The molecular formula is C17H26N2O3S. The topological polar surface area (TPSA) is 72.0 Å². The standard InChI is InChI=1S/C17H26N2O3S/c1-10(2)13-6-5-11(3)7-14(13)22-16(21)9-23-17-18-12(4)8-15(20)19-17/h8,10-11,13-14H,5-7,9H2,1-4H3,(H,18,19,20)/t11-,13+,14+/m1/s1. The lowest BCUT2D eigenvalue weighted by molar-refractivity contribution is -0.152. The average molecular weight is 338 g/mol. The Hall–Kier alpha value is -1.30. The Labute approximate surface area is 141 Å². The number of H-pyrrole nitrogens is 1. The number of ether oxygens (including phenoxy) is 1. The zero-order valence-corrected chi connectivity index (χ0v) is 15.1. The first kappa shape index (κ1) is 18.0. The number of esters is 1. The molecule has 1 aromatic rings. The van der Waals surface area contributed by atoms with Crippen molar-refractivity contribution in [1.29, 1.82) is 0 Å². The maximum atomic E-state index is 12.2. The van der Waals surface area contributed by atoms with Crippen molar-refractivity contribution in [3.8, 4) is 0 Å². The molecule has 3 atom stereocenters. The highest BCUT2D eigenvalue weighted by Gasteiger charge is 2.33. The second kappa shape index (κ2) is 7.99. The van der Waals surface area contributed by atoms with Gasteiger partial charge in [-0.3, -0.25) is 9.59 Å². The number of aromatic nitrogens is 2. The van der Waals surface area contributed by atoms with Gasteiger partial charge in [-0.25, -0.2) is 4.98 Å². The molecule has 0 aromatic carbocycles. The molecule has 1 fully saturated rings. The normalized spacial score (nSPS) is 24.7. The van der Waals surface area contributed by atoms with Crippen LogP contribution < -0.4 is 5.56 Å². The molecule has 128 valence electrons. The number of carbonyl (C=O) groups is 1. The van der Waals surface area contributed by atoms with E-state index in [2.05, 4.69) is 30.7 Å². The monoisotopic (exact) mass is 338 g/mol. The highest BCUT2D eigenvalue weighted by molar-refractivity contribution is 7.99. The van der Waals surface area contributed by atoms with Crippen molar-refractivity contribution >= 4 is 17.7 Å². The van der Waals surface area contributed by atoms with Gasteiger partial charge in [-0.15, -0.1) is 0 Å². The van der Waals surface area contributed by atoms with Crippen LogP contribution in [-0.4, -0.2) is 27.8 Å². The van der Waals surface area contributed by atoms with Crippen LogP contribution in [0.3, 0.4) is 0 Å². The van der Waals surface area contributed by atoms with Crippen LogP contribution in [-0.2, 0) is 9.53 Å². The van der Waals surface area contributed by atoms with E-state index in [1.165, 1.54) is 24.2 Å². The summed E-state index contributed by atoms with van der Waals surface area (Å²) in [6.45, 7) is 8.36. The summed E-state index contributed by atoms with van der Waals surface area (Å²) < 4.78 is 5.74. The Balaban J connectivity index is 1.91. The van der Waals surface area contributed by atoms with Gasteiger partial charge in [-0.2, -0.15) is 0 Å². The molecule has 0 radical (unpaired) electrons. The molecule has 1 saturated carbocycles. The molecule has 5 nitrogen and oxygen atoms in total. The fourth-order valence-electron chi connectivity index (χ4n) is 3.20. The first-order chi connectivity index (χ1) is 10.8. The Morgan fingerprint density at radius 3 is 2.87 bits per heavy atom. The fraction of sp³-hybridized carbons (Fsp3) is 0.706. The molecule has 1 aliphatic rings. The van der Waals surface area contributed by atoms with Gasteiger partial charge in [0.15, 0.2) is 5.16 Å². The minimum Gasteiger partial charge on any atom is -0.461 e. The van der Waals surface area contributed by atoms with Crippen LogP contribution in [0.4, 0.5) is 0 Å². The highest BCUT2D eigenvalue weighted by atomic mass is 32.2. The van der Waals surface area contributed by atoms with E-state index in [0.29, 0.717) is 28.6 Å². The van der Waals surface area contributed by atoms with Crippen LogP contribution in [0.1, 0.15) is 45.7 Å². The third-order valence-electron chi connectivity index (χ3n) is 4.42. The van der Waals surface area contributed by atoms with Gasteiger partial charge in [0, 0.05) is 11.8 Å². The van der Waals surface area contributed by atoms with Crippen molar-refractivity contribution in [2.75, 3.05) is 5.75 Å². The van der Waals surface area contributed by atoms with Gasteiger partial charge in [-0.1, -0.05) is 39.0 Å². The largest absolute Gasteiger partial charge is 0.461 e. The lowest BCUT2D eigenvalue weighted by Crippen LogP contribution is -2.36. The van der Waals surface area contributed by atoms with Crippen molar-refractivity contribution in [2.45, 2.75) is 58.2 Å². The lowest BCUT2D eigenvalue weighted by atomic mass is 9.75. The number of carbonyl (C=O) groups excluding carboxylic acids is 1. The number of thioether (sulfide) groups is 1. The van der Waals surface area contributed by atoms with E-state index in [0.717, 1.165) is 12.8 Å². The highest BCUT2D eigenvalue weighted by Crippen LogP contribution is 2.35. The molecule has 1 aromatic heterocycles. The summed E-state index contributed by atoms with van der Waals surface area (Å²) in [5, 5.41) is 0.462. The van der Waals surface area contributed by atoms with E-state index >= 15 is 0 Å². The van der Waals surface area contributed by atoms with Crippen LogP contribution in [0.2, 0.25) is 0 Å². The number of aromatic amines is 1. The zero-order chi connectivity index (χ0) is 17.0. The van der Waals surface area contributed by atoms with Crippen molar-refractivity contribution in [3.63, 3.8) is 0 Å². The summed E-state index contributed by atoms with van der Waals surface area (Å²) in [7, 11) is 0. The average Bonchev–Trinajstić information content (AvgIpc) is 2.44. The molecule has 0 spiro atoms. The van der Waals surface area contributed by atoms with Crippen LogP contribution in [0.15, 0.2) is 16.0 Å². The lowest BCUT2D eigenvalue weighted by Gasteiger charge is -2.36. The van der Waals surface area contributed by atoms with Gasteiger partial charge in [0.2, 0.25) is 0 Å². The molecule has 0 bridgehead atoms. The first-order valence-electron chi connectivity index (χ1n) is 8.25. The SMILES string of the molecule is Cc1cc(=O)[nH]c(SCC(=O)O[C@H]2C[C@H](C)CC[C@H]2C(C)C)n1. The van der Waals surface area contributed by atoms with Crippen LogP contribution >= 0.6 is 11.8 Å². The summed E-state index contributed by atoms with van der Waals surface area (Å²) in [6, 6.07) is 1.43. The van der Waals surface area contributed by atoms with E-state index in [1.807, 2.05) is 0 Å². The quantitative estimate of drug-likeness (QED) is 0.507.